The van der Waals surface area contributed by atoms with Crippen LogP contribution in [0.25, 0.3) is 0 Å². The average molecular weight is 213 g/mol. The highest BCUT2D eigenvalue weighted by atomic mass is 16.2. The predicted molar refractivity (Wildman–Crippen MR) is 57.1 cm³/mol. The topological polar surface area (TPSA) is 75.4 Å². The molecule has 0 bridgehead atoms. The number of carbonyl (C=O) groups excluding carboxylic acids is 2. The summed E-state index contributed by atoms with van der Waals surface area (Å²) in [6.45, 7) is 4.08. The van der Waals surface area contributed by atoms with E-state index in [1.54, 1.807) is 25.8 Å². The van der Waals surface area contributed by atoms with E-state index in [-0.39, 0.29) is 11.8 Å². The fourth-order valence-corrected chi connectivity index (χ4v) is 1.89. The zero-order chi connectivity index (χ0) is 11.6. The molecule has 0 aliphatic carbocycles. The highest BCUT2D eigenvalue weighted by molar-refractivity contribution is 5.92. The first-order valence-corrected chi connectivity index (χ1v) is 5.20. The second kappa shape index (κ2) is 4.18. The molecule has 86 valence electrons. The number of amides is 2. The van der Waals surface area contributed by atoms with E-state index in [2.05, 4.69) is 5.32 Å². The summed E-state index contributed by atoms with van der Waals surface area (Å²) in [5, 5.41) is 2.56. The normalized spacial score (nSPS) is 22.8. The number of nitrogens with zero attached hydrogens (tertiary/aromatic N) is 1. The molecule has 1 fully saturated rings. The minimum Gasteiger partial charge on any atom is -0.357 e. The zero-order valence-electron chi connectivity index (χ0n) is 9.54. The van der Waals surface area contributed by atoms with Crippen LogP contribution in [-0.2, 0) is 9.59 Å². The van der Waals surface area contributed by atoms with Crippen molar-refractivity contribution in [2.45, 2.75) is 38.3 Å². The highest BCUT2D eigenvalue weighted by Gasteiger charge is 2.40. The Balaban J connectivity index is 2.86. The molecule has 1 unspecified atom stereocenters. The lowest BCUT2D eigenvalue weighted by Crippen LogP contribution is -2.62. The Morgan fingerprint density at radius 2 is 2.20 bits per heavy atom. The molecule has 0 aromatic rings. The van der Waals surface area contributed by atoms with E-state index in [0.717, 1.165) is 6.42 Å². The second-order valence-corrected chi connectivity index (χ2v) is 4.38. The number of hydrogen-bond acceptors (Lipinski definition) is 3. The Hall–Kier alpha value is -1.10. The lowest BCUT2D eigenvalue weighted by Gasteiger charge is -2.41. The lowest BCUT2D eigenvalue weighted by molar-refractivity contribution is -0.148. The summed E-state index contributed by atoms with van der Waals surface area (Å²) in [5.41, 5.74) is 4.87. The minimum absolute atomic E-state index is 0.130. The van der Waals surface area contributed by atoms with Crippen molar-refractivity contribution in [1.82, 2.24) is 10.2 Å². The molecule has 0 aromatic heterocycles. The van der Waals surface area contributed by atoms with Gasteiger partial charge >= 0.3 is 0 Å². The molecular weight excluding hydrogens is 194 g/mol. The van der Waals surface area contributed by atoms with Gasteiger partial charge in [-0.05, 0) is 26.7 Å². The fourth-order valence-electron chi connectivity index (χ4n) is 1.89. The number of likely N-dealkylation sites (N-methyl/N-ethyl adjacent to an activating group) is 1. The lowest BCUT2D eigenvalue weighted by atomic mass is 9.95. The second-order valence-electron chi connectivity index (χ2n) is 4.38. The molecule has 1 rings (SSSR count). The number of nitrogens with one attached hydrogen (secondary N) is 1. The molecule has 15 heavy (non-hydrogen) atoms. The summed E-state index contributed by atoms with van der Waals surface area (Å²) < 4.78 is 0. The van der Waals surface area contributed by atoms with Crippen molar-refractivity contribution < 1.29 is 9.59 Å². The first-order chi connectivity index (χ1) is 6.91. The first-order valence-electron chi connectivity index (χ1n) is 5.20. The molecule has 1 heterocycles. The number of nitrogens with two attached hydrogens (primary N) is 1. The smallest absolute Gasteiger partial charge is 0.245 e. The Bertz CT molecular complexity index is 276. The monoisotopic (exact) mass is 213 g/mol. The quantitative estimate of drug-likeness (QED) is 0.647. The van der Waals surface area contributed by atoms with E-state index in [0.29, 0.717) is 13.0 Å². The molecule has 5 heteroatoms. The molecule has 1 saturated heterocycles. The maximum Gasteiger partial charge on any atom is 0.245 e. The van der Waals surface area contributed by atoms with E-state index in [9.17, 15) is 9.59 Å². The van der Waals surface area contributed by atoms with Gasteiger partial charge in [-0.1, -0.05) is 0 Å². The number of hydrogen-bond donors (Lipinski definition) is 2. The van der Waals surface area contributed by atoms with Gasteiger partial charge in [-0.25, -0.2) is 0 Å². The molecule has 0 radical (unpaired) electrons. The summed E-state index contributed by atoms with van der Waals surface area (Å²) in [5.74, 6) is -0.292. The van der Waals surface area contributed by atoms with Crippen LogP contribution in [0.1, 0.15) is 26.7 Å². The van der Waals surface area contributed by atoms with Crippen LogP contribution < -0.4 is 11.1 Å². The average Bonchev–Trinajstić information content (AvgIpc) is 2.20. The van der Waals surface area contributed by atoms with Gasteiger partial charge in [-0.3, -0.25) is 9.59 Å². The maximum absolute atomic E-state index is 11.8. The number of rotatable bonds is 2. The van der Waals surface area contributed by atoms with Gasteiger partial charge in [0.1, 0.15) is 5.54 Å². The number of carbonyl (C=O) groups is 2. The third kappa shape index (κ3) is 2.12. The van der Waals surface area contributed by atoms with Crippen LogP contribution >= 0.6 is 0 Å². The van der Waals surface area contributed by atoms with Crippen LogP contribution in [0.2, 0.25) is 0 Å². The summed E-state index contributed by atoms with van der Waals surface area (Å²) in [6, 6.07) is -0.456. The Morgan fingerprint density at radius 1 is 1.60 bits per heavy atom. The molecule has 1 aliphatic rings. The minimum atomic E-state index is -0.816. The van der Waals surface area contributed by atoms with Crippen molar-refractivity contribution in [3.8, 4) is 0 Å². The van der Waals surface area contributed by atoms with E-state index in [1.165, 1.54) is 0 Å². The first kappa shape index (κ1) is 12.0. The molecule has 5 nitrogen and oxygen atoms in total. The van der Waals surface area contributed by atoms with E-state index >= 15 is 0 Å². The van der Waals surface area contributed by atoms with Gasteiger partial charge in [-0.15, -0.1) is 0 Å². The SMILES string of the molecule is CNC(=O)C(C)(C)N1CCCC(N)C1=O. The van der Waals surface area contributed by atoms with Gasteiger partial charge in [0.05, 0.1) is 6.04 Å². The van der Waals surface area contributed by atoms with Gasteiger partial charge in [-0.2, -0.15) is 0 Å². The van der Waals surface area contributed by atoms with E-state index in [1.807, 2.05) is 0 Å². The van der Waals surface area contributed by atoms with Crippen LogP contribution in [-0.4, -0.2) is 41.9 Å². The molecular formula is C10H19N3O2. The molecule has 2 amide bonds. The standard InChI is InChI=1S/C10H19N3O2/c1-10(2,9(15)12-3)13-6-4-5-7(11)8(13)14/h7H,4-6,11H2,1-3H3,(H,12,15). The Kier molecular flexibility index (Phi) is 3.34. The molecule has 3 N–H and O–H groups in total. The molecule has 0 aromatic carbocycles. The molecule has 0 spiro atoms. The summed E-state index contributed by atoms with van der Waals surface area (Å²) in [6.07, 6.45) is 1.56. The van der Waals surface area contributed by atoms with Crippen LogP contribution in [0.15, 0.2) is 0 Å². The largest absolute Gasteiger partial charge is 0.357 e. The van der Waals surface area contributed by atoms with Gasteiger partial charge < -0.3 is 16.0 Å². The van der Waals surface area contributed by atoms with Gasteiger partial charge in [0.15, 0.2) is 0 Å². The Morgan fingerprint density at radius 3 is 2.73 bits per heavy atom. The van der Waals surface area contributed by atoms with Gasteiger partial charge in [0.25, 0.3) is 0 Å². The van der Waals surface area contributed by atoms with Crippen molar-refractivity contribution in [3.63, 3.8) is 0 Å². The summed E-state index contributed by atoms with van der Waals surface area (Å²) in [7, 11) is 1.57. The maximum atomic E-state index is 11.8. The van der Waals surface area contributed by atoms with Gasteiger partial charge in [0.2, 0.25) is 11.8 Å². The van der Waals surface area contributed by atoms with E-state index in [4.69, 9.17) is 5.73 Å². The third-order valence-electron chi connectivity index (χ3n) is 2.94. The van der Waals surface area contributed by atoms with Crippen LogP contribution in [0.4, 0.5) is 0 Å². The van der Waals surface area contributed by atoms with E-state index < -0.39 is 11.6 Å². The fraction of sp³-hybridized carbons (Fsp3) is 0.800. The molecule has 1 aliphatic heterocycles. The third-order valence-corrected chi connectivity index (χ3v) is 2.94. The summed E-state index contributed by atoms with van der Waals surface area (Å²) >= 11 is 0. The van der Waals surface area contributed by atoms with Crippen molar-refractivity contribution in [1.29, 1.82) is 0 Å². The number of piperidine rings is 1. The zero-order valence-corrected chi connectivity index (χ0v) is 9.54. The van der Waals surface area contributed by atoms with Crippen molar-refractivity contribution >= 4 is 11.8 Å². The molecule has 0 saturated carbocycles. The van der Waals surface area contributed by atoms with Crippen LogP contribution in [0, 0.1) is 0 Å². The molecule has 1 atom stereocenters. The highest BCUT2D eigenvalue weighted by Crippen LogP contribution is 2.21. The van der Waals surface area contributed by atoms with Crippen LogP contribution in [0.5, 0.6) is 0 Å². The van der Waals surface area contributed by atoms with Crippen molar-refractivity contribution in [3.05, 3.63) is 0 Å². The summed E-state index contributed by atoms with van der Waals surface area (Å²) in [4.78, 5) is 25.0. The Labute approximate surface area is 90.0 Å². The number of likely N-dealkylation sites (tertiary alicyclic amines) is 1. The van der Waals surface area contributed by atoms with Crippen molar-refractivity contribution in [2.24, 2.45) is 5.73 Å². The predicted octanol–water partition coefficient (Wildman–Crippen LogP) is -0.539. The van der Waals surface area contributed by atoms with Crippen LogP contribution in [0.3, 0.4) is 0 Å². The van der Waals surface area contributed by atoms with Crippen molar-refractivity contribution in [2.75, 3.05) is 13.6 Å². The van der Waals surface area contributed by atoms with Gasteiger partial charge in [0, 0.05) is 13.6 Å².